The maximum Gasteiger partial charge on any atom is 0.277 e. The van der Waals surface area contributed by atoms with Crippen molar-refractivity contribution in [3.63, 3.8) is 0 Å². The van der Waals surface area contributed by atoms with E-state index in [2.05, 4.69) is 15.2 Å². The Morgan fingerprint density at radius 3 is 2.72 bits per heavy atom. The number of rotatable bonds is 4. The van der Waals surface area contributed by atoms with Gasteiger partial charge in [0.25, 0.3) is 5.56 Å². The van der Waals surface area contributed by atoms with Crippen molar-refractivity contribution >= 4 is 17.1 Å². The van der Waals surface area contributed by atoms with Crippen LogP contribution >= 0.6 is 11.6 Å². The summed E-state index contributed by atoms with van der Waals surface area (Å²) >= 11 is 5.65. The number of alkyl halides is 1. The first-order valence-corrected chi connectivity index (χ1v) is 8.21. The van der Waals surface area contributed by atoms with Crippen molar-refractivity contribution in [1.82, 2.24) is 24.3 Å². The molecule has 0 radical (unpaired) electrons. The normalized spacial score (nSPS) is 11.3. The van der Waals surface area contributed by atoms with E-state index >= 15 is 0 Å². The van der Waals surface area contributed by atoms with E-state index in [0.717, 1.165) is 11.3 Å². The highest BCUT2D eigenvalue weighted by molar-refractivity contribution is 6.16. The standard InChI is InChI=1S/C17H14ClN5O2/c1-11-2-4-12(5-3-11)13-8-14-17(24)22(6-7-23(14)20-13)10-15-19-16(9-18)25-21-15/h2-8H,9-10H2,1H3. The number of benzene rings is 1. The largest absolute Gasteiger partial charge is 0.338 e. The van der Waals surface area contributed by atoms with E-state index in [4.69, 9.17) is 16.1 Å². The summed E-state index contributed by atoms with van der Waals surface area (Å²) in [7, 11) is 0. The smallest absolute Gasteiger partial charge is 0.277 e. The van der Waals surface area contributed by atoms with Gasteiger partial charge in [-0.1, -0.05) is 35.0 Å². The van der Waals surface area contributed by atoms with Crippen molar-refractivity contribution in [3.05, 3.63) is 70.4 Å². The van der Waals surface area contributed by atoms with Crippen LogP contribution in [0.15, 0.2) is 52.0 Å². The maximum absolute atomic E-state index is 12.7. The van der Waals surface area contributed by atoms with Gasteiger partial charge in [-0.05, 0) is 13.0 Å². The van der Waals surface area contributed by atoms with Gasteiger partial charge in [-0.25, -0.2) is 4.52 Å². The number of hydrogen-bond donors (Lipinski definition) is 0. The first-order chi connectivity index (χ1) is 12.1. The summed E-state index contributed by atoms with van der Waals surface area (Å²) in [6.45, 7) is 2.24. The third-order valence-electron chi connectivity index (χ3n) is 3.89. The van der Waals surface area contributed by atoms with Gasteiger partial charge in [0.2, 0.25) is 5.89 Å². The van der Waals surface area contributed by atoms with Crippen molar-refractivity contribution in [2.45, 2.75) is 19.3 Å². The summed E-state index contributed by atoms with van der Waals surface area (Å²) in [5.74, 6) is 0.876. The second-order valence-electron chi connectivity index (χ2n) is 5.69. The molecule has 0 N–H and O–H groups in total. The molecule has 7 nitrogen and oxygen atoms in total. The van der Waals surface area contributed by atoms with Crippen LogP contribution in [0.1, 0.15) is 17.3 Å². The minimum absolute atomic E-state index is 0.142. The van der Waals surface area contributed by atoms with Crippen molar-refractivity contribution in [2.24, 2.45) is 0 Å². The molecule has 0 bridgehead atoms. The lowest BCUT2D eigenvalue weighted by Crippen LogP contribution is -2.22. The fraction of sp³-hybridized carbons (Fsp3) is 0.176. The quantitative estimate of drug-likeness (QED) is 0.526. The second kappa shape index (κ2) is 6.18. The molecule has 0 aliphatic carbocycles. The van der Waals surface area contributed by atoms with Crippen LogP contribution in [0.4, 0.5) is 0 Å². The average molecular weight is 356 g/mol. The van der Waals surface area contributed by atoms with Gasteiger partial charge >= 0.3 is 0 Å². The first kappa shape index (κ1) is 15.6. The van der Waals surface area contributed by atoms with Crippen molar-refractivity contribution < 1.29 is 4.52 Å². The molecule has 0 fully saturated rings. The molecule has 8 heteroatoms. The van der Waals surface area contributed by atoms with E-state index in [-0.39, 0.29) is 18.0 Å². The summed E-state index contributed by atoms with van der Waals surface area (Å²) in [5, 5.41) is 8.29. The van der Waals surface area contributed by atoms with Crippen LogP contribution in [0.3, 0.4) is 0 Å². The molecular weight excluding hydrogens is 342 g/mol. The highest BCUT2D eigenvalue weighted by Crippen LogP contribution is 2.19. The number of hydrogen-bond acceptors (Lipinski definition) is 5. The average Bonchev–Trinajstić information content (AvgIpc) is 3.25. The lowest BCUT2D eigenvalue weighted by molar-refractivity contribution is 0.382. The molecule has 4 rings (SSSR count). The van der Waals surface area contributed by atoms with Crippen LogP contribution in [0, 0.1) is 6.92 Å². The molecule has 1 aromatic carbocycles. The second-order valence-corrected chi connectivity index (χ2v) is 5.96. The third kappa shape index (κ3) is 2.94. The highest BCUT2D eigenvalue weighted by atomic mass is 35.5. The van der Waals surface area contributed by atoms with Gasteiger partial charge in [0.05, 0.1) is 12.2 Å². The lowest BCUT2D eigenvalue weighted by Gasteiger charge is -2.02. The summed E-state index contributed by atoms with van der Waals surface area (Å²) in [6.07, 6.45) is 3.38. The van der Waals surface area contributed by atoms with Crippen LogP contribution in [0.25, 0.3) is 16.8 Å². The summed E-state index contributed by atoms with van der Waals surface area (Å²) in [4.78, 5) is 16.8. The fourth-order valence-electron chi connectivity index (χ4n) is 2.58. The SMILES string of the molecule is Cc1ccc(-c2cc3c(=O)n(Cc4noc(CCl)n4)ccn3n2)cc1. The minimum Gasteiger partial charge on any atom is -0.338 e. The Hall–Kier alpha value is -2.93. The van der Waals surface area contributed by atoms with Gasteiger partial charge in [-0.15, -0.1) is 11.6 Å². The summed E-state index contributed by atoms with van der Waals surface area (Å²) in [6, 6.07) is 9.79. The zero-order valence-corrected chi connectivity index (χ0v) is 14.1. The molecule has 0 atom stereocenters. The van der Waals surface area contributed by atoms with Gasteiger partial charge in [0.1, 0.15) is 11.4 Å². The van der Waals surface area contributed by atoms with E-state index in [9.17, 15) is 4.79 Å². The van der Waals surface area contributed by atoms with Crippen LogP contribution in [-0.4, -0.2) is 24.3 Å². The van der Waals surface area contributed by atoms with Gasteiger partial charge in [0, 0.05) is 18.0 Å². The topological polar surface area (TPSA) is 78.2 Å². The molecule has 0 unspecified atom stereocenters. The first-order valence-electron chi connectivity index (χ1n) is 7.67. The Morgan fingerprint density at radius 2 is 2.00 bits per heavy atom. The zero-order valence-electron chi connectivity index (χ0n) is 13.4. The molecule has 3 heterocycles. The number of fused-ring (bicyclic) bond motifs is 1. The summed E-state index contributed by atoms with van der Waals surface area (Å²) in [5.41, 5.74) is 3.19. The monoisotopic (exact) mass is 355 g/mol. The van der Waals surface area contributed by atoms with Crippen molar-refractivity contribution in [2.75, 3.05) is 0 Å². The van der Waals surface area contributed by atoms with Crippen molar-refractivity contribution in [3.8, 4) is 11.3 Å². The predicted octanol–water partition coefficient (Wildman–Crippen LogP) is 2.64. The number of aryl methyl sites for hydroxylation is 1. The molecule has 0 aliphatic heterocycles. The van der Waals surface area contributed by atoms with Crippen LogP contribution in [-0.2, 0) is 12.4 Å². The molecule has 0 aliphatic rings. The van der Waals surface area contributed by atoms with E-state index in [0.29, 0.717) is 17.2 Å². The zero-order chi connectivity index (χ0) is 17.4. The van der Waals surface area contributed by atoms with Gasteiger partial charge in [0.15, 0.2) is 5.82 Å². The molecule has 0 saturated carbocycles. The molecule has 0 saturated heterocycles. The molecule has 0 spiro atoms. The lowest BCUT2D eigenvalue weighted by atomic mass is 10.1. The Balaban J connectivity index is 1.72. The minimum atomic E-state index is -0.175. The number of halogens is 1. The maximum atomic E-state index is 12.7. The number of aromatic nitrogens is 5. The highest BCUT2D eigenvalue weighted by Gasteiger charge is 2.11. The molecule has 3 aromatic heterocycles. The predicted molar refractivity (Wildman–Crippen MR) is 92.6 cm³/mol. The Morgan fingerprint density at radius 1 is 1.20 bits per heavy atom. The van der Waals surface area contributed by atoms with E-state index in [1.54, 1.807) is 23.0 Å². The Bertz CT molecular complexity index is 1090. The molecule has 4 aromatic rings. The molecule has 0 amide bonds. The van der Waals surface area contributed by atoms with E-state index in [1.807, 2.05) is 31.2 Å². The van der Waals surface area contributed by atoms with E-state index < -0.39 is 0 Å². The van der Waals surface area contributed by atoms with Crippen LogP contribution in [0.2, 0.25) is 0 Å². The van der Waals surface area contributed by atoms with E-state index in [1.165, 1.54) is 10.1 Å². The van der Waals surface area contributed by atoms with Crippen LogP contribution in [0.5, 0.6) is 0 Å². The Kier molecular flexibility index (Phi) is 3.85. The Labute approximate surface area is 147 Å². The molecule has 126 valence electrons. The molecule has 25 heavy (non-hydrogen) atoms. The van der Waals surface area contributed by atoms with Gasteiger partial charge in [-0.3, -0.25) is 4.79 Å². The van der Waals surface area contributed by atoms with Crippen LogP contribution < -0.4 is 5.56 Å². The fourth-order valence-corrected chi connectivity index (χ4v) is 2.69. The number of nitrogens with zero attached hydrogens (tertiary/aromatic N) is 5. The van der Waals surface area contributed by atoms with Gasteiger partial charge in [-0.2, -0.15) is 10.1 Å². The molecular formula is C17H14ClN5O2. The van der Waals surface area contributed by atoms with Crippen molar-refractivity contribution in [1.29, 1.82) is 0 Å². The van der Waals surface area contributed by atoms with Gasteiger partial charge < -0.3 is 9.09 Å². The third-order valence-corrected chi connectivity index (χ3v) is 4.12. The summed E-state index contributed by atoms with van der Waals surface area (Å²) < 4.78 is 8.05.